The molecule has 0 bridgehead atoms. The second kappa shape index (κ2) is 6.70. The van der Waals surface area contributed by atoms with Crippen LogP contribution < -0.4 is 4.72 Å². The molecule has 1 aromatic rings. The fourth-order valence-corrected chi connectivity index (χ4v) is 3.27. The zero-order valence-corrected chi connectivity index (χ0v) is 12.8. The fourth-order valence-electron chi connectivity index (χ4n) is 1.98. The number of rotatable bonds is 7. The van der Waals surface area contributed by atoms with Crippen molar-refractivity contribution in [2.75, 3.05) is 6.54 Å². The van der Waals surface area contributed by atoms with Crippen LogP contribution in [-0.4, -0.2) is 26.0 Å². The number of benzene rings is 1. The average molecular weight is 310 g/mol. The van der Waals surface area contributed by atoms with Crippen LogP contribution in [0.3, 0.4) is 0 Å². The highest BCUT2D eigenvalue weighted by Gasteiger charge is 2.36. The first-order chi connectivity index (χ1) is 9.83. The molecule has 0 radical (unpaired) electrons. The predicted molar refractivity (Wildman–Crippen MR) is 77.0 cm³/mol. The summed E-state index contributed by atoms with van der Waals surface area (Å²) in [6.07, 6.45) is 0.614. The normalized spacial score (nSPS) is 11.9. The van der Waals surface area contributed by atoms with Crippen molar-refractivity contribution in [2.24, 2.45) is 5.41 Å². The third-order valence-electron chi connectivity index (χ3n) is 3.70. The molecular formula is C14H18N2O4S. The van der Waals surface area contributed by atoms with Crippen LogP contribution in [0.4, 0.5) is 0 Å². The number of carboxylic acid groups (broad SMARTS) is 1. The van der Waals surface area contributed by atoms with Crippen molar-refractivity contribution in [3.8, 4) is 6.07 Å². The minimum Gasteiger partial charge on any atom is -0.481 e. The minimum absolute atomic E-state index is 0.0268. The molecule has 21 heavy (non-hydrogen) atoms. The monoisotopic (exact) mass is 310 g/mol. The van der Waals surface area contributed by atoms with E-state index in [0.717, 1.165) is 0 Å². The molecule has 6 nitrogen and oxygen atoms in total. The van der Waals surface area contributed by atoms with Gasteiger partial charge < -0.3 is 5.11 Å². The summed E-state index contributed by atoms with van der Waals surface area (Å²) in [5, 5.41) is 18.3. The van der Waals surface area contributed by atoms with Gasteiger partial charge in [-0.05, 0) is 25.0 Å². The maximum atomic E-state index is 12.3. The first-order valence-corrected chi connectivity index (χ1v) is 8.03. The van der Waals surface area contributed by atoms with Crippen LogP contribution in [0.25, 0.3) is 0 Å². The van der Waals surface area contributed by atoms with Crippen LogP contribution in [0.15, 0.2) is 29.2 Å². The highest BCUT2D eigenvalue weighted by molar-refractivity contribution is 7.89. The van der Waals surface area contributed by atoms with Crippen LogP contribution in [0, 0.1) is 16.7 Å². The van der Waals surface area contributed by atoms with Gasteiger partial charge in [0.05, 0.1) is 15.9 Å². The Morgan fingerprint density at radius 2 is 1.90 bits per heavy atom. The number of hydrogen-bond donors (Lipinski definition) is 2. The Kier molecular flexibility index (Phi) is 5.47. The SMILES string of the molecule is CCC(CC)(CNS(=O)(=O)c1ccccc1C#N)C(=O)O. The molecule has 0 fully saturated rings. The van der Waals surface area contributed by atoms with Gasteiger partial charge in [-0.25, -0.2) is 13.1 Å². The third-order valence-corrected chi connectivity index (χ3v) is 5.16. The summed E-state index contributed by atoms with van der Waals surface area (Å²) >= 11 is 0. The molecule has 1 aromatic carbocycles. The molecule has 1 rings (SSSR count). The van der Waals surface area contributed by atoms with Crippen LogP contribution in [0.2, 0.25) is 0 Å². The number of nitrogens with zero attached hydrogens (tertiary/aromatic N) is 1. The molecule has 0 aromatic heterocycles. The van der Waals surface area contributed by atoms with E-state index in [2.05, 4.69) is 4.72 Å². The lowest BCUT2D eigenvalue weighted by molar-refractivity contribution is -0.149. The average Bonchev–Trinajstić information content (AvgIpc) is 2.48. The van der Waals surface area contributed by atoms with Crippen LogP contribution in [0.1, 0.15) is 32.3 Å². The van der Waals surface area contributed by atoms with Crippen LogP contribution in [0.5, 0.6) is 0 Å². The van der Waals surface area contributed by atoms with Gasteiger partial charge in [0, 0.05) is 6.54 Å². The zero-order valence-electron chi connectivity index (χ0n) is 12.0. The lowest BCUT2D eigenvalue weighted by Gasteiger charge is -2.26. The van der Waals surface area contributed by atoms with E-state index < -0.39 is 21.4 Å². The number of nitrogens with one attached hydrogen (secondary N) is 1. The van der Waals surface area contributed by atoms with Crippen molar-refractivity contribution < 1.29 is 18.3 Å². The van der Waals surface area contributed by atoms with Gasteiger partial charge >= 0.3 is 5.97 Å². The highest BCUT2D eigenvalue weighted by Crippen LogP contribution is 2.26. The van der Waals surface area contributed by atoms with Crippen molar-refractivity contribution in [2.45, 2.75) is 31.6 Å². The van der Waals surface area contributed by atoms with Gasteiger partial charge in [-0.1, -0.05) is 26.0 Å². The molecule has 114 valence electrons. The summed E-state index contributed by atoms with van der Waals surface area (Å²) < 4.78 is 26.8. The van der Waals surface area contributed by atoms with Gasteiger partial charge in [0.1, 0.15) is 6.07 Å². The summed E-state index contributed by atoms with van der Waals surface area (Å²) in [4.78, 5) is 11.2. The Morgan fingerprint density at radius 3 is 2.38 bits per heavy atom. The van der Waals surface area contributed by atoms with Crippen LogP contribution in [-0.2, 0) is 14.8 Å². The summed E-state index contributed by atoms with van der Waals surface area (Å²) in [5.74, 6) is -1.04. The van der Waals surface area contributed by atoms with E-state index in [1.165, 1.54) is 18.2 Å². The molecule has 0 saturated heterocycles. The summed E-state index contributed by atoms with van der Waals surface area (Å²) in [5.41, 5.74) is -1.12. The Hall–Kier alpha value is -1.91. The second-order valence-corrected chi connectivity index (χ2v) is 6.46. The zero-order chi connectivity index (χ0) is 16.1. The smallest absolute Gasteiger partial charge is 0.310 e. The quantitative estimate of drug-likeness (QED) is 0.797. The number of aliphatic carboxylic acids is 1. The predicted octanol–water partition coefficient (Wildman–Crippen LogP) is 1.73. The van der Waals surface area contributed by atoms with E-state index in [1.807, 2.05) is 6.07 Å². The first kappa shape index (κ1) is 17.1. The van der Waals surface area contributed by atoms with E-state index in [-0.39, 0.29) is 17.0 Å². The first-order valence-electron chi connectivity index (χ1n) is 6.55. The number of nitriles is 1. The summed E-state index contributed by atoms with van der Waals surface area (Å²) in [7, 11) is -3.93. The molecule has 7 heteroatoms. The fraction of sp³-hybridized carbons (Fsp3) is 0.429. The van der Waals surface area contributed by atoms with E-state index in [9.17, 15) is 18.3 Å². The highest BCUT2D eigenvalue weighted by atomic mass is 32.2. The largest absolute Gasteiger partial charge is 0.481 e. The standard InChI is InChI=1S/C14H18N2O4S/c1-3-14(4-2,13(17)18)10-16-21(19,20)12-8-6-5-7-11(12)9-15/h5-8,16H,3-4,10H2,1-2H3,(H,17,18). The van der Waals surface area contributed by atoms with Gasteiger partial charge in [-0.15, -0.1) is 0 Å². The number of sulfonamides is 1. The van der Waals surface area contributed by atoms with Crippen molar-refractivity contribution in [1.29, 1.82) is 5.26 Å². The van der Waals surface area contributed by atoms with E-state index in [1.54, 1.807) is 19.9 Å². The number of carboxylic acids is 1. The molecule has 2 N–H and O–H groups in total. The van der Waals surface area contributed by atoms with Gasteiger partial charge in [-0.3, -0.25) is 4.79 Å². The van der Waals surface area contributed by atoms with E-state index in [0.29, 0.717) is 12.8 Å². The number of hydrogen-bond acceptors (Lipinski definition) is 4. The maximum absolute atomic E-state index is 12.3. The Morgan fingerprint density at radius 1 is 1.33 bits per heavy atom. The molecular weight excluding hydrogens is 292 g/mol. The molecule has 0 amide bonds. The summed E-state index contributed by atoms with van der Waals surface area (Å²) in [6, 6.07) is 7.62. The van der Waals surface area contributed by atoms with Gasteiger partial charge in [0.15, 0.2) is 0 Å². The molecule has 0 saturated carbocycles. The molecule has 0 heterocycles. The molecule has 0 unspecified atom stereocenters. The summed E-state index contributed by atoms with van der Waals surface area (Å²) in [6.45, 7) is 3.20. The molecule has 0 aliphatic heterocycles. The molecule has 0 aliphatic rings. The molecule has 0 atom stereocenters. The van der Waals surface area contributed by atoms with Crippen molar-refractivity contribution in [3.05, 3.63) is 29.8 Å². The lowest BCUT2D eigenvalue weighted by Crippen LogP contribution is -2.42. The van der Waals surface area contributed by atoms with Gasteiger partial charge in [-0.2, -0.15) is 5.26 Å². The maximum Gasteiger partial charge on any atom is 0.310 e. The van der Waals surface area contributed by atoms with Gasteiger partial charge in [0.25, 0.3) is 0 Å². The lowest BCUT2D eigenvalue weighted by atomic mass is 9.83. The Bertz CT molecular complexity index is 658. The van der Waals surface area contributed by atoms with Crippen molar-refractivity contribution >= 4 is 16.0 Å². The minimum atomic E-state index is -3.93. The molecule has 0 spiro atoms. The van der Waals surface area contributed by atoms with Crippen molar-refractivity contribution in [3.63, 3.8) is 0 Å². The van der Waals surface area contributed by atoms with Crippen LogP contribution >= 0.6 is 0 Å². The Labute approximate surface area is 124 Å². The van der Waals surface area contributed by atoms with Crippen molar-refractivity contribution in [1.82, 2.24) is 4.72 Å². The number of carbonyl (C=O) groups is 1. The second-order valence-electron chi connectivity index (χ2n) is 4.73. The van der Waals surface area contributed by atoms with E-state index in [4.69, 9.17) is 5.26 Å². The Balaban J connectivity index is 3.07. The van der Waals surface area contributed by atoms with Gasteiger partial charge in [0.2, 0.25) is 10.0 Å². The van der Waals surface area contributed by atoms with E-state index >= 15 is 0 Å². The third kappa shape index (κ3) is 3.60. The topological polar surface area (TPSA) is 107 Å². The molecule has 0 aliphatic carbocycles.